The first-order chi connectivity index (χ1) is 9.78. The lowest BCUT2D eigenvalue weighted by Crippen LogP contribution is -2.31. The Kier molecular flexibility index (Phi) is 4.39. The van der Waals surface area contributed by atoms with Crippen LogP contribution in [0, 0.1) is 5.92 Å². The van der Waals surface area contributed by atoms with Crippen LogP contribution in [0.2, 0.25) is 0 Å². The van der Waals surface area contributed by atoms with Gasteiger partial charge in [0, 0.05) is 12.0 Å². The van der Waals surface area contributed by atoms with Crippen molar-refractivity contribution in [1.82, 2.24) is 15.5 Å². The smallest absolute Gasteiger partial charge is 0.231 e. The quantitative estimate of drug-likeness (QED) is 0.913. The molecule has 0 aliphatic heterocycles. The molecule has 2 aliphatic carbocycles. The van der Waals surface area contributed by atoms with E-state index in [1.54, 1.807) is 0 Å². The van der Waals surface area contributed by atoms with Crippen LogP contribution in [0.25, 0.3) is 0 Å². The largest absolute Gasteiger partial charge is 0.339 e. The van der Waals surface area contributed by atoms with Crippen LogP contribution >= 0.6 is 0 Å². The van der Waals surface area contributed by atoms with E-state index in [-0.39, 0.29) is 0 Å². The van der Waals surface area contributed by atoms with Crippen LogP contribution < -0.4 is 5.32 Å². The first-order valence-corrected chi connectivity index (χ1v) is 8.34. The molecule has 1 N–H and O–H groups in total. The van der Waals surface area contributed by atoms with Gasteiger partial charge in [0.1, 0.15) is 0 Å². The lowest BCUT2D eigenvalue weighted by molar-refractivity contribution is 0.312. The third-order valence-electron chi connectivity index (χ3n) is 5.14. The predicted molar refractivity (Wildman–Crippen MR) is 78.7 cm³/mol. The minimum Gasteiger partial charge on any atom is -0.339 e. The molecule has 2 atom stereocenters. The molecule has 0 amide bonds. The molecule has 4 heteroatoms. The van der Waals surface area contributed by atoms with Gasteiger partial charge in [-0.2, -0.15) is 4.98 Å². The number of hydrogen-bond donors (Lipinski definition) is 1. The van der Waals surface area contributed by atoms with E-state index >= 15 is 0 Å². The van der Waals surface area contributed by atoms with Crippen molar-refractivity contribution in [1.29, 1.82) is 0 Å². The number of likely N-dealkylation sites (N-methyl/N-ethyl adjacent to an activating group) is 1. The zero-order chi connectivity index (χ0) is 13.9. The van der Waals surface area contributed by atoms with Crippen LogP contribution in [0.5, 0.6) is 0 Å². The summed E-state index contributed by atoms with van der Waals surface area (Å²) in [7, 11) is 0. The summed E-state index contributed by atoms with van der Waals surface area (Å²) in [6, 6.07) is 0.527. The molecule has 112 valence electrons. The summed E-state index contributed by atoms with van der Waals surface area (Å²) in [5.41, 5.74) is 0. The second-order valence-corrected chi connectivity index (χ2v) is 6.65. The fraction of sp³-hybridized carbons (Fsp3) is 0.875. The maximum atomic E-state index is 5.60. The molecule has 2 aliphatic rings. The van der Waals surface area contributed by atoms with Gasteiger partial charge in [0.2, 0.25) is 5.89 Å². The van der Waals surface area contributed by atoms with Crippen molar-refractivity contribution in [2.24, 2.45) is 5.92 Å². The first kappa shape index (κ1) is 14.1. The molecule has 3 rings (SSSR count). The Labute approximate surface area is 121 Å². The van der Waals surface area contributed by atoms with E-state index in [0.717, 1.165) is 24.2 Å². The van der Waals surface area contributed by atoms with Crippen molar-refractivity contribution in [3.05, 3.63) is 11.7 Å². The number of nitrogens with one attached hydrogen (secondary N) is 1. The van der Waals surface area contributed by atoms with Crippen LogP contribution in [-0.4, -0.2) is 22.7 Å². The molecule has 0 aromatic carbocycles. The Morgan fingerprint density at radius 2 is 1.95 bits per heavy atom. The van der Waals surface area contributed by atoms with Gasteiger partial charge in [-0.15, -0.1) is 0 Å². The van der Waals surface area contributed by atoms with E-state index in [1.165, 1.54) is 44.9 Å². The highest BCUT2D eigenvalue weighted by Gasteiger charge is 2.33. The third kappa shape index (κ3) is 2.90. The highest BCUT2D eigenvalue weighted by Crippen LogP contribution is 2.37. The molecule has 0 spiro atoms. The average molecular weight is 277 g/mol. The monoisotopic (exact) mass is 277 g/mol. The lowest BCUT2D eigenvalue weighted by Gasteiger charge is -2.23. The molecule has 4 nitrogen and oxygen atoms in total. The lowest BCUT2D eigenvalue weighted by atomic mass is 9.83. The molecular weight excluding hydrogens is 250 g/mol. The normalized spacial score (nSPS) is 34.5. The molecule has 1 aromatic rings. The first-order valence-electron chi connectivity index (χ1n) is 8.34. The minimum atomic E-state index is 0.429. The van der Waals surface area contributed by atoms with Crippen molar-refractivity contribution < 1.29 is 4.52 Å². The number of nitrogens with zero attached hydrogens (tertiary/aromatic N) is 2. The summed E-state index contributed by atoms with van der Waals surface area (Å²) in [5.74, 6) is 3.67. The Balaban J connectivity index is 1.67. The van der Waals surface area contributed by atoms with Gasteiger partial charge in [-0.1, -0.05) is 38.3 Å². The molecule has 1 aromatic heterocycles. The summed E-state index contributed by atoms with van der Waals surface area (Å²) in [5, 5.41) is 7.85. The second-order valence-electron chi connectivity index (χ2n) is 6.65. The molecule has 2 fully saturated rings. The van der Waals surface area contributed by atoms with Crippen LogP contribution in [0.4, 0.5) is 0 Å². The van der Waals surface area contributed by atoms with Gasteiger partial charge in [0.25, 0.3) is 0 Å². The Morgan fingerprint density at radius 1 is 1.15 bits per heavy atom. The number of hydrogen-bond acceptors (Lipinski definition) is 4. The summed E-state index contributed by atoms with van der Waals surface area (Å²) in [6.45, 7) is 5.53. The van der Waals surface area contributed by atoms with E-state index in [1.807, 2.05) is 0 Å². The Hall–Kier alpha value is -0.900. The molecule has 2 saturated carbocycles. The van der Waals surface area contributed by atoms with E-state index < -0.39 is 0 Å². The third-order valence-corrected chi connectivity index (χ3v) is 5.14. The van der Waals surface area contributed by atoms with Gasteiger partial charge in [-0.25, -0.2) is 0 Å². The Morgan fingerprint density at radius 3 is 2.70 bits per heavy atom. The van der Waals surface area contributed by atoms with E-state index in [2.05, 4.69) is 24.3 Å². The fourth-order valence-corrected chi connectivity index (χ4v) is 3.84. The minimum absolute atomic E-state index is 0.429. The van der Waals surface area contributed by atoms with Gasteiger partial charge in [-0.3, -0.25) is 0 Å². The van der Waals surface area contributed by atoms with Gasteiger partial charge in [0.15, 0.2) is 5.82 Å². The molecule has 0 bridgehead atoms. The maximum Gasteiger partial charge on any atom is 0.231 e. The van der Waals surface area contributed by atoms with Crippen LogP contribution in [0.15, 0.2) is 4.52 Å². The molecule has 1 heterocycles. The fourth-order valence-electron chi connectivity index (χ4n) is 3.84. The van der Waals surface area contributed by atoms with Crippen LogP contribution in [-0.2, 0) is 0 Å². The van der Waals surface area contributed by atoms with Gasteiger partial charge < -0.3 is 9.84 Å². The highest BCUT2D eigenvalue weighted by molar-refractivity contribution is 5.05. The van der Waals surface area contributed by atoms with Crippen molar-refractivity contribution in [3.63, 3.8) is 0 Å². The molecule has 0 saturated heterocycles. The molecule has 2 unspecified atom stereocenters. The highest BCUT2D eigenvalue weighted by atomic mass is 16.5. The van der Waals surface area contributed by atoms with Crippen LogP contribution in [0.3, 0.4) is 0 Å². The number of aromatic nitrogens is 2. The summed E-state index contributed by atoms with van der Waals surface area (Å²) in [4.78, 5) is 4.76. The zero-order valence-electron chi connectivity index (χ0n) is 12.8. The van der Waals surface area contributed by atoms with Gasteiger partial charge in [0.05, 0.1) is 5.92 Å². The van der Waals surface area contributed by atoms with E-state index in [0.29, 0.717) is 17.9 Å². The molecular formula is C16H27N3O. The van der Waals surface area contributed by atoms with Crippen molar-refractivity contribution >= 4 is 0 Å². The van der Waals surface area contributed by atoms with Crippen molar-refractivity contribution in [2.45, 2.75) is 76.7 Å². The van der Waals surface area contributed by atoms with Gasteiger partial charge in [-0.05, 0) is 38.1 Å². The zero-order valence-corrected chi connectivity index (χ0v) is 12.8. The standard InChI is InChI=1S/C16H27N3O/c1-3-17-14-6-4-5-13(14)16-18-15(19-20-16)12-9-7-11(2)8-10-12/h11-14,17H,3-10H2,1-2H3. The van der Waals surface area contributed by atoms with E-state index in [4.69, 9.17) is 9.51 Å². The topological polar surface area (TPSA) is 51.0 Å². The maximum absolute atomic E-state index is 5.60. The second kappa shape index (κ2) is 6.25. The van der Waals surface area contributed by atoms with Crippen LogP contribution in [0.1, 0.15) is 82.3 Å². The number of rotatable bonds is 4. The predicted octanol–water partition coefficient (Wildman–Crippen LogP) is 3.61. The van der Waals surface area contributed by atoms with Gasteiger partial charge >= 0.3 is 0 Å². The SMILES string of the molecule is CCNC1CCCC1c1nc(C2CCC(C)CC2)no1. The van der Waals surface area contributed by atoms with Crippen molar-refractivity contribution in [3.8, 4) is 0 Å². The van der Waals surface area contributed by atoms with E-state index in [9.17, 15) is 0 Å². The molecule has 20 heavy (non-hydrogen) atoms. The Bertz CT molecular complexity index is 423. The summed E-state index contributed by atoms with van der Waals surface area (Å²) in [6.07, 6.45) is 8.73. The summed E-state index contributed by atoms with van der Waals surface area (Å²) < 4.78 is 5.60. The van der Waals surface area contributed by atoms with Crippen molar-refractivity contribution in [2.75, 3.05) is 6.54 Å². The molecule has 0 radical (unpaired) electrons. The summed E-state index contributed by atoms with van der Waals surface area (Å²) >= 11 is 0. The average Bonchev–Trinajstić information content (AvgIpc) is 3.08.